The predicted molar refractivity (Wildman–Crippen MR) is 111 cm³/mol. The molecule has 0 amide bonds. The SMILES string of the molecule is O=C1OC(c2ccccc2)=N/C1=C/c1cccc(OCCOc2ccccc2)c1. The monoisotopic (exact) mass is 385 g/mol. The first-order valence-corrected chi connectivity index (χ1v) is 9.27. The molecule has 0 spiro atoms. The van der Waals surface area contributed by atoms with E-state index in [0.29, 0.717) is 24.9 Å². The first-order chi connectivity index (χ1) is 14.3. The number of hydrogen-bond donors (Lipinski definition) is 0. The van der Waals surface area contributed by atoms with Crippen LogP contribution in [0.15, 0.2) is 95.6 Å². The molecule has 4 rings (SSSR count). The van der Waals surface area contributed by atoms with Gasteiger partial charge in [0.05, 0.1) is 0 Å². The van der Waals surface area contributed by atoms with Crippen LogP contribution < -0.4 is 9.47 Å². The molecule has 0 aromatic heterocycles. The molecule has 0 bridgehead atoms. The third kappa shape index (κ3) is 4.90. The van der Waals surface area contributed by atoms with E-state index in [4.69, 9.17) is 14.2 Å². The van der Waals surface area contributed by atoms with Gasteiger partial charge in [-0.1, -0.05) is 48.5 Å². The first-order valence-electron chi connectivity index (χ1n) is 9.27. The Hall–Kier alpha value is -3.86. The summed E-state index contributed by atoms with van der Waals surface area (Å²) in [7, 11) is 0. The van der Waals surface area contributed by atoms with E-state index >= 15 is 0 Å². The van der Waals surface area contributed by atoms with Crippen LogP contribution >= 0.6 is 0 Å². The maximum atomic E-state index is 12.1. The molecule has 0 aliphatic carbocycles. The second kappa shape index (κ2) is 8.89. The number of carbonyl (C=O) groups excluding carboxylic acids is 1. The Kier molecular flexibility index (Phi) is 5.67. The van der Waals surface area contributed by atoms with Crippen molar-refractivity contribution in [3.63, 3.8) is 0 Å². The predicted octanol–water partition coefficient (Wildman–Crippen LogP) is 4.49. The van der Waals surface area contributed by atoms with Gasteiger partial charge in [-0.05, 0) is 48.0 Å². The molecule has 3 aromatic carbocycles. The van der Waals surface area contributed by atoms with Crippen LogP contribution in [0, 0.1) is 0 Å². The quantitative estimate of drug-likeness (QED) is 0.342. The first kappa shape index (κ1) is 18.5. The molecule has 5 nitrogen and oxygen atoms in total. The average Bonchev–Trinajstić information content (AvgIpc) is 3.13. The molecule has 0 saturated heterocycles. The highest BCUT2D eigenvalue weighted by molar-refractivity contribution is 6.12. The molecule has 144 valence electrons. The van der Waals surface area contributed by atoms with Gasteiger partial charge in [0.25, 0.3) is 0 Å². The number of carbonyl (C=O) groups is 1. The van der Waals surface area contributed by atoms with Gasteiger partial charge in [-0.15, -0.1) is 0 Å². The minimum atomic E-state index is -0.466. The van der Waals surface area contributed by atoms with Crippen molar-refractivity contribution < 1.29 is 19.0 Å². The summed E-state index contributed by atoms with van der Waals surface area (Å²) in [5, 5.41) is 0. The van der Waals surface area contributed by atoms with Crippen molar-refractivity contribution in [2.75, 3.05) is 13.2 Å². The number of para-hydroxylation sites is 1. The molecule has 29 heavy (non-hydrogen) atoms. The number of benzene rings is 3. The van der Waals surface area contributed by atoms with Crippen molar-refractivity contribution in [1.29, 1.82) is 0 Å². The second-order valence-corrected chi connectivity index (χ2v) is 6.28. The third-order valence-corrected chi connectivity index (χ3v) is 4.17. The number of nitrogens with zero attached hydrogens (tertiary/aromatic N) is 1. The van der Waals surface area contributed by atoms with Crippen LogP contribution in [0.25, 0.3) is 6.08 Å². The summed E-state index contributed by atoms with van der Waals surface area (Å²) in [6.45, 7) is 0.847. The van der Waals surface area contributed by atoms with E-state index in [9.17, 15) is 4.79 Å². The lowest BCUT2D eigenvalue weighted by molar-refractivity contribution is -0.129. The summed E-state index contributed by atoms with van der Waals surface area (Å²) in [4.78, 5) is 16.5. The van der Waals surface area contributed by atoms with Gasteiger partial charge in [0.2, 0.25) is 5.90 Å². The molecule has 0 saturated carbocycles. The van der Waals surface area contributed by atoms with E-state index in [2.05, 4.69) is 4.99 Å². The van der Waals surface area contributed by atoms with Crippen LogP contribution in [0.1, 0.15) is 11.1 Å². The summed E-state index contributed by atoms with van der Waals surface area (Å²) in [6.07, 6.45) is 1.69. The summed E-state index contributed by atoms with van der Waals surface area (Å²) in [6, 6.07) is 26.4. The van der Waals surface area contributed by atoms with E-state index in [0.717, 1.165) is 16.9 Å². The molecule has 1 aliphatic heterocycles. The van der Waals surface area contributed by atoms with Crippen molar-refractivity contribution in [3.8, 4) is 11.5 Å². The average molecular weight is 385 g/mol. The van der Waals surface area contributed by atoms with Crippen molar-refractivity contribution in [2.45, 2.75) is 0 Å². The Bertz CT molecular complexity index is 1040. The van der Waals surface area contributed by atoms with Gasteiger partial charge in [0.1, 0.15) is 24.7 Å². The second-order valence-electron chi connectivity index (χ2n) is 6.28. The fraction of sp³-hybridized carbons (Fsp3) is 0.0833. The molecule has 0 radical (unpaired) electrons. The highest BCUT2D eigenvalue weighted by Crippen LogP contribution is 2.21. The van der Waals surface area contributed by atoms with E-state index in [1.165, 1.54) is 0 Å². The van der Waals surface area contributed by atoms with E-state index in [1.807, 2.05) is 84.9 Å². The maximum absolute atomic E-state index is 12.1. The van der Waals surface area contributed by atoms with Gasteiger partial charge in [-0.3, -0.25) is 0 Å². The number of ether oxygens (including phenoxy) is 3. The molecule has 0 atom stereocenters. The summed E-state index contributed by atoms with van der Waals surface area (Å²) in [5.74, 6) is 1.34. The van der Waals surface area contributed by atoms with Gasteiger partial charge in [-0.2, -0.15) is 0 Å². The van der Waals surface area contributed by atoms with Crippen molar-refractivity contribution in [3.05, 3.63) is 102 Å². The van der Waals surface area contributed by atoms with Crippen molar-refractivity contribution in [1.82, 2.24) is 0 Å². The van der Waals surface area contributed by atoms with Crippen molar-refractivity contribution >= 4 is 17.9 Å². The Morgan fingerprint density at radius 2 is 1.45 bits per heavy atom. The Morgan fingerprint density at radius 3 is 2.21 bits per heavy atom. The van der Waals surface area contributed by atoms with Gasteiger partial charge in [0, 0.05) is 5.56 Å². The van der Waals surface area contributed by atoms with Crippen LogP contribution in [0.4, 0.5) is 0 Å². The summed E-state index contributed by atoms with van der Waals surface area (Å²) < 4.78 is 16.6. The Balaban J connectivity index is 1.39. The molecule has 1 heterocycles. The highest BCUT2D eigenvalue weighted by Gasteiger charge is 2.23. The number of aliphatic imine (C=N–C) groups is 1. The van der Waals surface area contributed by atoms with Crippen LogP contribution in [0.3, 0.4) is 0 Å². The van der Waals surface area contributed by atoms with Crippen LogP contribution in [0.2, 0.25) is 0 Å². The van der Waals surface area contributed by atoms with E-state index < -0.39 is 5.97 Å². The number of cyclic esters (lactones) is 1. The van der Waals surface area contributed by atoms with Crippen LogP contribution in [0.5, 0.6) is 11.5 Å². The molecule has 3 aromatic rings. The zero-order valence-electron chi connectivity index (χ0n) is 15.7. The zero-order valence-corrected chi connectivity index (χ0v) is 15.7. The smallest absolute Gasteiger partial charge is 0.363 e. The minimum absolute atomic E-state index is 0.258. The topological polar surface area (TPSA) is 57.1 Å². The lowest BCUT2D eigenvalue weighted by atomic mass is 10.2. The van der Waals surface area contributed by atoms with Gasteiger partial charge in [0.15, 0.2) is 5.70 Å². The highest BCUT2D eigenvalue weighted by atomic mass is 16.6. The van der Waals surface area contributed by atoms with E-state index in [-0.39, 0.29) is 5.70 Å². The molecule has 0 N–H and O–H groups in total. The standard InChI is InChI=1S/C24H19NO4/c26-24-22(25-23(29-24)19-9-3-1-4-10-19)17-18-8-7-13-21(16-18)28-15-14-27-20-11-5-2-6-12-20/h1-13,16-17H,14-15H2/b22-17+. The molecule has 0 fully saturated rings. The van der Waals surface area contributed by atoms with Crippen molar-refractivity contribution in [2.24, 2.45) is 4.99 Å². The van der Waals surface area contributed by atoms with Crippen LogP contribution in [-0.4, -0.2) is 25.1 Å². The van der Waals surface area contributed by atoms with E-state index in [1.54, 1.807) is 6.08 Å². The maximum Gasteiger partial charge on any atom is 0.363 e. The fourth-order valence-electron chi connectivity index (χ4n) is 2.80. The number of esters is 1. The third-order valence-electron chi connectivity index (χ3n) is 4.17. The van der Waals surface area contributed by atoms with Gasteiger partial charge < -0.3 is 14.2 Å². The normalized spacial score (nSPS) is 14.4. The van der Waals surface area contributed by atoms with Gasteiger partial charge >= 0.3 is 5.97 Å². The Morgan fingerprint density at radius 1 is 0.793 bits per heavy atom. The number of rotatable bonds is 7. The molecular weight excluding hydrogens is 366 g/mol. The zero-order chi connectivity index (χ0) is 19.9. The molecule has 1 aliphatic rings. The molecular formula is C24H19NO4. The lowest BCUT2D eigenvalue weighted by Crippen LogP contribution is -2.08. The Labute approximate surface area is 168 Å². The number of hydrogen-bond acceptors (Lipinski definition) is 5. The fourth-order valence-corrected chi connectivity index (χ4v) is 2.80. The minimum Gasteiger partial charge on any atom is -0.490 e. The van der Waals surface area contributed by atoms with Crippen LogP contribution in [-0.2, 0) is 9.53 Å². The summed E-state index contributed by atoms with van der Waals surface area (Å²) in [5.41, 5.74) is 1.82. The lowest BCUT2D eigenvalue weighted by Gasteiger charge is -2.08. The molecule has 0 unspecified atom stereocenters. The largest absolute Gasteiger partial charge is 0.490 e. The van der Waals surface area contributed by atoms with Gasteiger partial charge in [-0.25, -0.2) is 9.79 Å². The summed E-state index contributed by atoms with van der Waals surface area (Å²) >= 11 is 0. The molecule has 5 heteroatoms.